The molecule has 2 aliphatic heterocycles. The second-order valence-electron chi connectivity index (χ2n) is 8.13. The van der Waals surface area contributed by atoms with E-state index in [2.05, 4.69) is 5.10 Å². The predicted molar refractivity (Wildman–Crippen MR) is 123 cm³/mol. The van der Waals surface area contributed by atoms with Gasteiger partial charge in [-0.1, -0.05) is 12.1 Å². The topological polar surface area (TPSA) is 111 Å². The number of aromatic nitrogens is 2. The molecule has 0 N–H and O–H groups in total. The van der Waals surface area contributed by atoms with Crippen LogP contribution >= 0.6 is 0 Å². The van der Waals surface area contributed by atoms with Gasteiger partial charge < -0.3 is 14.4 Å². The maximum Gasteiger partial charge on any atom is 0.244 e. The SMILES string of the molecule is O=C(Cn1ncc(=O)c2ccccc21)N1CCN(S(=O)(=O)c2ccc3c(c2)OCCCO3)CC1. The first-order chi connectivity index (χ1) is 16.4. The molecule has 0 spiro atoms. The van der Waals surface area contributed by atoms with Crippen molar-refractivity contribution in [1.82, 2.24) is 19.0 Å². The highest BCUT2D eigenvalue weighted by atomic mass is 32.2. The fourth-order valence-electron chi connectivity index (χ4n) is 4.15. The molecule has 3 heterocycles. The maximum atomic E-state index is 13.2. The van der Waals surface area contributed by atoms with E-state index >= 15 is 0 Å². The van der Waals surface area contributed by atoms with E-state index < -0.39 is 10.0 Å². The van der Waals surface area contributed by atoms with Crippen molar-refractivity contribution in [1.29, 1.82) is 0 Å². The van der Waals surface area contributed by atoms with Gasteiger partial charge in [0, 0.05) is 44.1 Å². The summed E-state index contributed by atoms with van der Waals surface area (Å²) in [6, 6.07) is 11.6. The smallest absolute Gasteiger partial charge is 0.244 e. The Labute approximate surface area is 196 Å². The first-order valence-corrected chi connectivity index (χ1v) is 12.5. The normalized spacial score (nSPS) is 16.9. The van der Waals surface area contributed by atoms with Crippen LogP contribution in [0.4, 0.5) is 0 Å². The number of amides is 1. The molecule has 11 heteroatoms. The summed E-state index contributed by atoms with van der Waals surface area (Å²) < 4.78 is 40.5. The summed E-state index contributed by atoms with van der Waals surface area (Å²) in [6.07, 6.45) is 1.94. The Morgan fingerprint density at radius 3 is 2.50 bits per heavy atom. The highest BCUT2D eigenvalue weighted by molar-refractivity contribution is 7.89. The van der Waals surface area contributed by atoms with Gasteiger partial charge in [-0.2, -0.15) is 9.40 Å². The summed E-state index contributed by atoms with van der Waals surface area (Å²) >= 11 is 0. The fraction of sp³-hybridized carbons (Fsp3) is 0.348. The van der Waals surface area contributed by atoms with Gasteiger partial charge in [0.25, 0.3) is 0 Å². The molecule has 178 valence electrons. The Bertz CT molecular complexity index is 1400. The highest BCUT2D eigenvalue weighted by Crippen LogP contribution is 2.33. The van der Waals surface area contributed by atoms with Gasteiger partial charge >= 0.3 is 0 Å². The van der Waals surface area contributed by atoms with Gasteiger partial charge in [-0.3, -0.25) is 14.3 Å². The lowest BCUT2D eigenvalue weighted by Crippen LogP contribution is -2.51. The lowest BCUT2D eigenvalue weighted by molar-refractivity contribution is -0.133. The summed E-state index contributed by atoms with van der Waals surface area (Å²) in [4.78, 5) is 26.7. The number of sulfonamides is 1. The van der Waals surface area contributed by atoms with Crippen LogP contribution in [0.25, 0.3) is 10.9 Å². The lowest BCUT2D eigenvalue weighted by atomic mass is 10.2. The number of carbonyl (C=O) groups excluding carboxylic acids is 1. The molecule has 0 atom stereocenters. The van der Waals surface area contributed by atoms with Crippen LogP contribution in [-0.4, -0.2) is 72.7 Å². The van der Waals surface area contributed by atoms with Crippen molar-refractivity contribution in [3.05, 3.63) is 58.9 Å². The second kappa shape index (κ2) is 9.07. The monoisotopic (exact) mass is 484 g/mol. The molecule has 0 unspecified atom stereocenters. The van der Waals surface area contributed by atoms with Crippen molar-refractivity contribution in [3.8, 4) is 11.5 Å². The number of rotatable bonds is 4. The third-order valence-corrected chi connectivity index (χ3v) is 7.89. The zero-order valence-corrected chi connectivity index (χ0v) is 19.2. The largest absolute Gasteiger partial charge is 0.490 e. The molecule has 1 aromatic heterocycles. The Morgan fingerprint density at radius 2 is 1.71 bits per heavy atom. The Balaban J connectivity index is 1.27. The average molecular weight is 485 g/mol. The van der Waals surface area contributed by atoms with E-state index in [4.69, 9.17) is 9.47 Å². The third kappa shape index (κ3) is 4.24. The van der Waals surface area contributed by atoms with Crippen LogP contribution in [0.2, 0.25) is 0 Å². The number of piperazine rings is 1. The number of ether oxygens (including phenoxy) is 2. The summed E-state index contributed by atoms with van der Waals surface area (Å²) in [5, 5.41) is 4.60. The van der Waals surface area contributed by atoms with E-state index in [1.807, 2.05) is 0 Å². The van der Waals surface area contributed by atoms with E-state index in [0.717, 1.165) is 6.42 Å². The van der Waals surface area contributed by atoms with Gasteiger partial charge in [0.15, 0.2) is 11.5 Å². The van der Waals surface area contributed by atoms with Gasteiger partial charge in [-0.05, 0) is 24.3 Å². The summed E-state index contributed by atoms with van der Waals surface area (Å²) in [7, 11) is -3.74. The molecule has 3 aromatic rings. The zero-order valence-electron chi connectivity index (χ0n) is 18.4. The van der Waals surface area contributed by atoms with Gasteiger partial charge in [-0.25, -0.2) is 8.42 Å². The summed E-state index contributed by atoms with van der Waals surface area (Å²) in [6.45, 7) is 1.86. The molecule has 2 aromatic carbocycles. The van der Waals surface area contributed by atoms with E-state index in [1.165, 1.54) is 27.3 Å². The predicted octanol–water partition coefficient (Wildman–Crippen LogP) is 1.09. The highest BCUT2D eigenvalue weighted by Gasteiger charge is 2.31. The molecule has 0 saturated carbocycles. The first kappa shape index (κ1) is 22.4. The molecule has 0 aliphatic carbocycles. The number of carbonyl (C=O) groups is 1. The van der Waals surface area contributed by atoms with Gasteiger partial charge in [0.1, 0.15) is 6.54 Å². The van der Waals surface area contributed by atoms with Crippen molar-refractivity contribution < 1.29 is 22.7 Å². The number of hydrogen-bond donors (Lipinski definition) is 0. The number of hydrogen-bond acceptors (Lipinski definition) is 7. The molecule has 1 saturated heterocycles. The minimum atomic E-state index is -3.74. The third-order valence-electron chi connectivity index (χ3n) is 6.00. The maximum absolute atomic E-state index is 13.2. The van der Waals surface area contributed by atoms with Crippen LogP contribution in [0.5, 0.6) is 11.5 Å². The molecular formula is C23H24N4O6S. The van der Waals surface area contributed by atoms with Crippen LogP contribution in [0.1, 0.15) is 6.42 Å². The molecule has 0 radical (unpaired) electrons. The van der Waals surface area contributed by atoms with Gasteiger partial charge in [-0.15, -0.1) is 0 Å². The first-order valence-electron chi connectivity index (χ1n) is 11.1. The van der Waals surface area contributed by atoms with Crippen molar-refractivity contribution in [2.24, 2.45) is 0 Å². The lowest BCUT2D eigenvalue weighted by Gasteiger charge is -2.34. The molecular weight excluding hydrogens is 460 g/mol. The molecule has 10 nitrogen and oxygen atoms in total. The molecule has 0 bridgehead atoms. The molecule has 34 heavy (non-hydrogen) atoms. The number of fused-ring (bicyclic) bond motifs is 2. The van der Waals surface area contributed by atoms with Crippen molar-refractivity contribution in [3.63, 3.8) is 0 Å². The minimum absolute atomic E-state index is 0.0320. The van der Waals surface area contributed by atoms with E-state index in [1.54, 1.807) is 35.2 Å². The van der Waals surface area contributed by atoms with Gasteiger partial charge in [0.2, 0.25) is 21.4 Å². The fourth-order valence-corrected chi connectivity index (χ4v) is 5.58. The van der Waals surface area contributed by atoms with Crippen molar-refractivity contribution in [2.45, 2.75) is 17.9 Å². The Hall–Kier alpha value is -3.44. The number of nitrogens with zero attached hydrogens (tertiary/aromatic N) is 4. The molecule has 1 fully saturated rings. The summed E-state index contributed by atoms with van der Waals surface area (Å²) in [5.41, 5.74) is 0.381. The van der Waals surface area contributed by atoms with E-state index in [9.17, 15) is 18.0 Å². The minimum Gasteiger partial charge on any atom is -0.490 e. The van der Waals surface area contributed by atoms with Crippen LogP contribution in [0, 0.1) is 0 Å². The average Bonchev–Trinajstić information content (AvgIpc) is 3.11. The van der Waals surface area contributed by atoms with Crippen molar-refractivity contribution in [2.75, 3.05) is 39.4 Å². The van der Waals surface area contributed by atoms with Crippen molar-refractivity contribution >= 4 is 26.8 Å². The van der Waals surface area contributed by atoms with E-state index in [0.29, 0.717) is 35.6 Å². The van der Waals surface area contributed by atoms with Crippen LogP contribution in [-0.2, 0) is 21.4 Å². The Kier molecular flexibility index (Phi) is 5.96. The van der Waals surface area contributed by atoms with E-state index in [-0.39, 0.29) is 49.0 Å². The number of para-hydroxylation sites is 1. The molecule has 1 amide bonds. The zero-order chi connectivity index (χ0) is 23.7. The molecule has 5 rings (SSSR count). The second-order valence-corrected chi connectivity index (χ2v) is 10.1. The van der Waals surface area contributed by atoms with Crippen LogP contribution < -0.4 is 14.9 Å². The van der Waals surface area contributed by atoms with Gasteiger partial charge in [0.05, 0.1) is 29.8 Å². The molecule has 2 aliphatic rings. The van der Waals surface area contributed by atoms with Crippen LogP contribution in [0.3, 0.4) is 0 Å². The van der Waals surface area contributed by atoms with Crippen LogP contribution in [0.15, 0.2) is 58.4 Å². The quantitative estimate of drug-likeness (QED) is 0.545. The number of benzene rings is 2. The standard InChI is InChI=1S/C23H24N4O6S/c28-20-15-24-27(19-5-2-1-4-18(19)20)16-23(29)25-8-10-26(11-9-25)34(30,31)17-6-7-21-22(14-17)33-13-3-12-32-21/h1-2,4-7,14-15H,3,8-13,16H2. The summed E-state index contributed by atoms with van der Waals surface area (Å²) in [5.74, 6) is 0.776. The Morgan fingerprint density at radius 1 is 0.971 bits per heavy atom.